The summed E-state index contributed by atoms with van der Waals surface area (Å²) in [5.41, 5.74) is 3.09. The zero-order valence-electron chi connectivity index (χ0n) is 22.5. The average Bonchev–Trinajstić information content (AvgIpc) is 2.97. The number of nitrogens with one attached hydrogen (secondary N) is 1. The van der Waals surface area contributed by atoms with E-state index in [1.807, 2.05) is 78.9 Å². The van der Waals surface area contributed by atoms with Crippen molar-refractivity contribution in [2.45, 2.75) is 62.9 Å². The Hall–Kier alpha value is -2.96. The molecule has 1 atom stereocenters. The van der Waals surface area contributed by atoms with Crippen molar-refractivity contribution in [2.75, 3.05) is 12.9 Å². The van der Waals surface area contributed by atoms with E-state index in [1.54, 1.807) is 23.8 Å². The van der Waals surface area contributed by atoms with Crippen LogP contribution in [0.4, 0.5) is 0 Å². The van der Waals surface area contributed by atoms with Gasteiger partial charge in [-0.1, -0.05) is 85.5 Å². The lowest BCUT2D eigenvalue weighted by molar-refractivity contribution is -0.139. The number of methoxy groups -OCH3 is 1. The van der Waals surface area contributed by atoms with Crippen LogP contribution in [0.5, 0.6) is 5.75 Å². The van der Waals surface area contributed by atoms with Crippen molar-refractivity contribution in [3.05, 3.63) is 101 Å². The number of hydrogen-bond donors (Lipinski definition) is 1. The van der Waals surface area contributed by atoms with Crippen LogP contribution in [0.15, 0.2) is 78.9 Å². The molecule has 1 fully saturated rings. The number of carbonyl (C=O) groups excluding carboxylic acids is 2. The first-order valence-corrected chi connectivity index (χ1v) is 15.1. The molecule has 3 aromatic carbocycles. The summed E-state index contributed by atoms with van der Waals surface area (Å²) in [5, 5.41) is 3.93. The molecule has 5 nitrogen and oxygen atoms in total. The number of halogens is 1. The minimum absolute atomic E-state index is 0.0526. The van der Waals surface area contributed by atoms with E-state index in [4.69, 9.17) is 16.3 Å². The van der Waals surface area contributed by atoms with Crippen LogP contribution in [-0.2, 0) is 28.3 Å². The Morgan fingerprint density at radius 3 is 2.26 bits per heavy atom. The molecule has 0 spiro atoms. The summed E-state index contributed by atoms with van der Waals surface area (Å²) in [7, 11) is 1.65. The highest BCUT2D eigenvalue weighted by molar-refractivity contribution is 7.99. The van der Waals surface area contributed by atoms with Gasteiger partial charge in [0.1, 0.15) is 11.8 Å². The van der Waals surface area contributed by atoms with Crippen molar-refractivity contribution in [2.24, 2.45) is 0 Å². The SMILES string of the molecule is COc1ccc(CSCC(=O)N(Cc2ccc(Cl)cc2)[C@H](Cc2ccccc2)C(=O)NC2CCCCC2)cc1. The molecular formula is C32H37ClN2O3S. The Morgan fingerprint density at radius 2 is 1.59 bits per heavy atom. The first-order valence-electron chi connectivity index (χ1n) is 13.6. The predicted molar refractivity (Wildman–Crippen MR) is 160 cm³/mol. The molecule has 0 aliphatic heterocycles. The van der Waals surface area contributed by atoms with Crippen molar-refractivity contribution in [1.82, 2.24) is 10.2 Å². The number of ether oxygens (including phenoxy) is 1. The summed E-state index contributed by atoms with van der Waals surface area (Å²) in [6, 6.07) is 24.9. The summed E-state index contributed by atoms with van der Waals surface area (Å²) in [6.45, 7) is 0.342. The molecule has 0 radical (unpaired) electrons. The lowest BCUT2D eigenvalue weighted by Gasteiger charge is -2.33. The quantitative estimate of drug-likeness (QED) is 0.267. The van der Waals surface area contributed by atoms with Gasteiger partial charge in [-0.15, -0.1) is 11.8 Å². The van der Waals surface area contributed by atoms with E-state index in [2.05, 4.69) is 5.32 Å². The molecule has 0 unspecified atom stereocenters. The molecule has 0 aromatic heterocycles. The van der Waals surface area contributed by atoms with Crippen molar-refractivity contribution in [3.63, 3.8) is 0 Å². The van der Waals surface area contributed by atoms with Crippen LogP contribution in [0, 0.1) is 0 Å². The number of rotatable bonds is 12. The molecule has 1 aliphatic carbocycles. The molecule has 1 N–H and O–H groups in total. The van der Waals surface area contributed by atoms with Crippen LogP contribution in [0.2, 0.25) is 5.02 Å². The Morgan fingerprint density at radius 1 is 0.923 bits per heavy atom. The minimum Gasteiger partial charge on any atom is -0.497 e. The van der Waals surface area contributed by atoms with E-state index in [0.717, 1.165) is 48.1 Å². The zero-order chi connectivity index (χ0) is 27.5. The summed E-state index contributed by atoms with van der Waals surface area (Å²) < 4.78 is 5.25. The molecule has 1 aliphatic rings. The lowest BCUT2D eigenvalue weighted by Crippen LogP contribution is -2.53. The number of hydrogen-bond acceptors (Lipinski definition) is 4. The predicted octanol–water partition coefficient (Wildman–Crippen LogP) is 6.67. The van der Waals surface area contributed by atoms with Crippen molar-refractivity contribution >= 4 is 35.2 Å². The van der Waals surface area contributed by atoms with Gasteiger partial charge in [-0.25, -0.2) is 0 Å². The summed E-state index contributed by atoms with van der Waals surface area (Å²) >= 11 is 7.68. The molecule has 3 aromatic rings. The Bertz CT molecular complexity index is 1180. The molecule has 0 saturated heterocycles. The van der Waals surface area contributed by atoms with E-state index >= 15 is 0 Å². The normalized spacial score (nSPS) is 14.4. The zero-order valence-corrected chi connectivity index (χ0v) is 24.1. The van der Waals surface area contributed by atoms with Gasteiger partial charge in [0, 0.05) is 29.8 Å². The van der Waals surface area contributed by atoms with E-state index < -0.39 is 6.04 Å². The number of benzene rings is 3. The molecule has 206 valence electrons. The van der Waals surface area contributed by atoms with Crippen LogP contribution in [0.1, 0.15) is 48.8 Å². The van der Waals surface area contributed by atoms with Crippen LogP contribution >= 0.6 is 23.4 Å². The second kappa shape index (κ2) is 15.0. The van der Waals surface area contributed by atoms with Gasteiger partial charge in [0.2, 0.25) is 11.8 Å². The standard InChI is InChI=1S/C32H37ClN2O3S/c1-38-29-18-14-26(15-19-29)22-39-23-31(36)35(21-25-12-16-27(33)17-13-25)30(20-24-8-4-2-5-9-24)32(37)34-28-10-6-3-7-11-28/h2,4-5,8-9,12-19,28,30H,3,6-7,10-11,20-23H2,1H3,(H,34,37)/t30-/m1/s1. The van der Waals surface area contributed by atoms with E-state index in [-0.39, 0.29) is 23.6 Å². The maximum absolute atomic E-state index is 13.8. The first kappa shape index (κ1) is 29.0. The smallest absolute Gasteiger partial charge is 0.243 e. The first-order chi connectivity index (χ1) is 19.0. The fourth-order valence-electron chi connectivity index (χ4n) is 4.95. The van der Waals surface area contributed by atoms with Crippen molar-refractivity contribution in [1.29, 1.82) is 0 Å². The fourth-order valence-corrected chi connectivity index (χ4v) is 5.94. The number of nitrogens with zero attached hydrogens (tertiary/aromatic N) is 1. The topological polar surface area (TPSA) is 58.6 Å². The number of thioether (sulfide) groups is 1. The van der Waals surface area contributed by atoms with Gasteiger partial charge in [-0.05, 0) is 53.8 Å². The van der Waals surface area contributed by atoms with E-state index in [1.165, 1.54) is 6.42 Å². The van der Waals surface area contributed by atoms with Gasteiger partial charge >= 0.3 is 0 Å². The van der Waals surface area contributed by atoms with Crippen LogP contribution in [0.25, 0.3) is 0 Å². The third-order valence-electron chi connectivity index (χ3n) is 7.14. The Labute approximate surface area is 241 Å². The maximum Gasteiger partial charge on any atom is 0.243 e. The highest BCUT2D eigenvalue weighted by atomic mass is 35.5. The second-order valence-corrected chi connectivity index (χ2v) is 11.5. The van der Waals surface area contributed by atoms with Gasteiger partial charge in [0.05, 0.1) is 12.9 Å². The average molecular weight is 565 g/mol. The van der Waals surface area contributed by atoms with Gasteiger partial charge < -0.3 is 15.0 Å². The van der Waals surface area contributed by atoms with Gasteiger partial charge in [0.15, 0.2) is 0 Å². The van der Waals surface area contributed by atoms with Crippen LogP contribution in [0.3, 0.4) is 0 Å². The molecule has 1 saturated carbocycles. The molecule has 0 bridgehead atoms. The van der Waals surface area contributed by atoms with Crippen molar-refractivity contribution in [3.8, 4) is 5.75 Å². The summed E-state index contributed by atoms with van der Waals surface area (Å²) in [5.74, 6) is 1.65. The van der Waals surface area contributed by atoms with E-state index in [9.17, 15) is 9.59 Å². The highest BCUT2D eigenvalue weighted by Gasteiger charge is 2.31. The maximum atomic E-state index is 13.8. The van der Waals surface area contributed by atoms with Crippen LogP contribution < -0.4 is 10.1 Å². The van der Waals surface area contributed by atoms with Gasteiger partial charge in [-0.3, -0.25) is 9.59 Å². The van der Waals surface area contributed by atoms with E-state index in [0.29, 0.717) is 23.7 Å². The van der Waals surface area contributed by atoms with Crippen LogP contribution in [-0.4, -0.2) is 41.7 Å². The minimum atomic E-state index is -0.612. The molecule has 7 heteroatoms. The van der Waals surface area contributed by atoms with Gasteiger partial charge in [-0.2, -0.15) is 0 Å². The second-order valence-electron chi connectivity index (χ2n) is 10.0. The molecule has 4 rings (SSSR count). The largest absolute Gasteiger partial charge is 0.497 e. The Balaban J connectivity index is 1.54. The molecular weight excluding hydrogens is 528 g/mol. The highest BCUT2D eigenvalue weighted by Crippen LogP contribution is 2.22. The van der Waals surface area contributed by atoms with Crippen molar-refractivity contribution < 1.29 is 14.3 Å². The molecule has 0 heterocycles. The number of carbonyl (C=O) groups is 2. The molecule has 2 amide bonds. The van der Waals surface area contributed by atoms with Gasteiger partial charge in [0.25, 0.3) is 0 Å². The summed E-state index contributed by atoms with van der Waals surface area (Å²) in [4.78, 5) is 29.4. The number of amides is 2. The third-order valence-corrected chi connectivity index (χ3v) is 8.38. The fraction of sp³-hybridized carbons (Fsp3) is 0.375. The Kier molecular flexibility index (Phi) is 11.2. The lowest BCUT2D eigenvalue weighted by atomic mass is 9.94. The third kappa shape index (κ3) is 9.04. The molecule has 39 heavy (non-hydrogen) atoms. The summed E-state index contributed by atoms with van der Waals surface area (Å²) in [6.07, 6.45) is 5.92. The monoisotopic (exact) mass is 564 g/mol.